The van der Waals surface area contributed by atoms with Gasteiger partial charge >= 0.3 is 0 Å². The van der Waals surface area contributed by atoms with Crippen LogP contribution in [0.2, 0.25) is 5.02 Å². The second-order valence-corrected chi connectivity index (χ2v) is 9.11. The first kappa shape index (κ1) is 18.9. The molecule has 0 saturated heterocycles. The van der Waals surface area contributed by atoms with Gasteiger partial charge in [-0.05, 0) is 41.7 Å². The van der Waals surface area contributed by atoms with Gasteiger partial charge in [-0.25, -0.2) is 4.68 Å². The Morgan fingerprint density at radius 2 is 1.97 bits per heavy atom. The van der Waals surface area contributed by atoms with Crippen molar-refractivity contribution in [2.45, 2.75) is 32.7 Å². The third-order valence-corrected chi connectivity index (χ3v) is 5.84. The van der Waals surface area contributed by atoms with Crippen LogP contribution >= 0.6 is 11.6 Å². The predicted molar refractivity (Wildman–Crippen MR) is 115 cm³/mol. The number of halogens is 1. The number of rotatable bonds is 2. The van der Waals surface area contributed by atoms with E-state index in [0.717, 1.165) is 23.2 Å². The number of benzene rings is 2. The number of allylic oxidation sites excluding steroid dienone is 2. The highest BCUT2D eigenvalue weighted by Crippen LogP contribution is 2.46. The Morgan fingerprint density at radius 1 is 1.17 bits per heavy atom. The van der Waals surface area contributed by atoms with Crippen molar-refractivity contribution in [2.24, 2.45) is 5.41 Å². The molecule has 1 aliphatic heterocycles. The quantitative estimate of drug-likeness (QED) is 0.612. The zero-order valence-electron chi connectivity index (χ0n) is 16.7. The number of aromatic hydroxyl groups is 1. The fourth-order valence-electron chi connectivity index (χ4n) is 4.36. The van der Waals surface area contributed by atoms with Gasteiger partial charge in [0.15, 0.2) is 11.6 Å². The van der Waals surface area contributed by atoms with Crippen LogP contribution in [0.5, 0.6) is 5.75 Å². The lowest BCUT2D eigenvalue weighted by molar-refractivity contribution is -0.118. The molecule has 2 aliphatic rings. The van der Waals surface area contributed by atoms with Crippen molar-refractivity contribution in [1.29, 1.82) is 0 Å². The van der Waals surface area contributed by atoms with Gasteiger partial charge in [0.05, 0.1) is 0 Å². The zero-order valence-corrected chi connectivity index (χ0v) is 17.4. The average Bonchev–Trinajstić information content (AvgIpc) is 3.09. The van der Waals surface area contributed by atoms with E-state index in [9.17, 15) is 9.90 Å². The summed E-state index contributed by atoms with van der Waals surface area (Å²) < 4.78 is 1.74. The molecule has 1 aromatic heterocycles. The number of Topliss-reactive ketones (excluding diaryl/α,β-unsaturated/α-hetero) is 1. The summed E-state index contributed by atoms with van der Waals surface area (Å²) in [7, 11) is 0. The van der Waals surface area contributed by atoms with Gasteiger partial charge in [0.25, 0.3) is 0 Å². The molecule has 0 spiro atoms. The molecular weight excluding hydrogens is 400 g/mol. The number of fused-ring (bicyclic) bond motifs is 1. The number of anilines is 1. The van der Waals surface area contributed by atoms with Crippen LogP contribution in [0.25, 0.3) is 11.4 Å². The molecule has 1 atom stereocenters. The molecule has 3 aromatic rings. The molecule has 30 heavy (non-hydrogen) atoms. The van der Waals surface area contributed by atoms with Gasteiger partial charge < -0.3 is 10.4 Å². The standard InChI is InChI=1S/C23H21ClN4O2/c1-23(2)11-17-19(18(30)12-23)20(13-5-4-8-16(29)10-13)28-22(25-17)26-21(27-28)14-6-3-7-15(24)9-14/h3-10,20,29H,11-12H2,1-2H3,(H,25,26,27)/t20-/m1/s1. The lowest BCUT2D eigenvalue weighted by atomic mass is 9.73. The zero-order chi connectivity index (χ0) is 21.0. The molecule has 0 radical (unpaired) electrons. The van der Waals surface area contributed by atoms with Gasteiger partial charge in [0.2, 0.25) is 5.95 Å². The molecule has 1 aliphatic carbocycles. The lowest BCUT2D eigenvalue weighted by Crippen LogP contribution is -2.36. The number of aromatic nitrogens is 3. The monoisotopic (exact) mass is 420 g/mol. The van der Waals surface area contributed by atoms with E-state index in [4.69, 9.17) is 21.7 Å². The second-order valence-electron chi connectivity index (χ2n) is 8.67. The molecule has 0 bridgehead atoms. The van der Waals surface area contributed by atoms with Gasteiger partial charge in [0.1, 0.15) is 11.8 Å². The Hall–Kier alpha value is -3.12. The summed E-state index contributed by atoms with van der Waals surface area (Å²) in [6.07, 6.45) is 1.21. The van der Waals surface area contributed by atoms with E-state index >= 15 is 0 Å². The van der Waals surface area contributed by atoms with Gasteiger partial charge in [-0.3, -0.25) is 4.79 Å². The Kier molecular flexibility index (Phi) is 4.22. The average molecular weight is 421 g/mol. The van der Waals surface area contributed by atoms with Gasteiger partial charge in [-0.15, -0.1) is 5.10 Å². The largest absolute Gasteiger partial charge is 0.508 e. The van der Waals surface area contributed by atoms with Crippen molar-refractivity contribution in [3.8, 4) is 17.1 Å². The number of carbonyl (C=O) groups is 1. The summed E-state index contributed by atoms with van der Waals surface area (Å²) in [5, 5.41) is 18.8. The van der Waals surface area contributed by atoms with E-state index in [1.54, 1.807) is 28.9 Å². The topological polar surface area (TPSA) is 80.0 Å². The summed E-state index contributed by atoms with van der Waals surface area (Å²) in [6.45, 7) is 4.19. The summed E-state index contributed by atoms with van der Waals surface area (Å²) in [5.74, 6) is 1.33. The Labute approximate surface area is 179 Å². The van der Waals surface area contributed by atoms with Crippen molar-refractivity contribution in [2.75, 3.05) is 5.32 Å². The van der Waals surface area contributed by atoms with Crippen LogP contribution in [-0.4, -0.2) is 25.7 Å². The highest BCUT2D eigenvalue weighted by molar-refractivity contribution is 6.30. The minimum absolute atomic E-state index is 0.0903. The first-order valence-electron chi connectivity index (χ1n) is 9.85. The van der Waals surface area contributed by atoms with Crippen LogP contribution in [0.3, 0.4) is 0 Å². The molecular formula is C23H21ClN4O2. The van der Waals surface area contributed by atoms with E-state index < -0.39 is 6.04 Å². The van der Waals surface area contributed by atoms with Crippen molar-refractivity contribution in [3.63, 3.8) is 0 Å². The minimum Gasteiger partial charge on any atom is -0.508 e. The summed E-state index contributed by atoms with van der Waals surface area (Å²) in [4.78, 5) is 17.9. The molecule has 7 heteroatoms. The van der Waals surface area contributed by atoms with Gasteiger partial charge in [-0.2, -0.15) is 4.98 Å². The van der Waals surface area contributed by atoms with Crippen LogP contribution < -0.4 is 5.32 Å². The molecule has 2 aromatic carbocycles. The number of nitrogens with zero attached hydrogens (tertiary/aromatic N) is 3. The first-order chi connectivity index (χ1) is 14.3. The molecule has 5 rings (SSSR count). The predicted octanol–water partition coefficient (Wildman–Crippen LogP) is 4.96. The van der Waals surface area contributed by atoms with Crippen LogP contribution in [0.4, 0.5) is 5.95 Å². The van der Waals surface area contributed by atoms with E-state index in [2.05, 4.69) is 19.2 Å². The summed E-state index contributed by atoms with van der Waals surface area (Å²) >= 11 is 6.15. The highest BCUT2D eigenvalue weighted by Gasteiger charge is 2.42. The van der Waals surface area contributed by atoms with Crippen LogP contribution in [0.1, 0.15) is 38.3 Å². The van der Waals surface area contributed by atoms with E-state index in [0.29, 0.717) is 28.8 Å². The van der Waals surface area contributed by atoms with Crippen molar-refractivity contribution in [3.05, 3.63) is 70.4 Å². The molecule has 2 heterocycles. The molecule has 6 nitrogen and oxygen atoms in total. The maximum atomic E-state index is 13.2. The Morgan fingerprint density at radius 3 is 2.73 bits per heavy atom. The summed E-state index contributed by atoms with van der Waals surface area (Å²) in [6, 6.07) is 13.9. The second kappa shape index (κ2) is 6.71. The fourth-order valence-corrected chi connectivity index (χ4v) is 4.55. The maximum absolute atomic E-state index is 13.2. The number of hydrogen-bond acceptors (Lipinski definition) is 5. The van der Waals surface area contributed by atoms with Crippen LogP contribution in [0.15, 0.2) is 59.8 Å². The van der Waals surface area contributed by atoms with Crippen molar-refractivity contribution in [1.82, 2.24) is 14.8 Å². The molecule has 0 saturated carbocycles. The molecule has 0 unspecified atom stereocenters. The summed E-state index contributed by atoms with van der Waals surface area (Å²) in [5.41, 5.74) is 3.02. The number of hydrogen-bond donors (Lipinski definition) is 2. The SMILES string of the molecule is CC1(C)CC(=O)C2=C(C1)Nc1nc(-c3cccc(Cl)c3)nn1[C@@H]2c1cccc(O)c1. The third kappa shape index (κ3) is 3.17. The highest BCUT2D eigenvalue weighted by atomic mass is 35.5. The van der Waals surface area contributed by atoms with Gasteiger partial charge in [-0.1, -0.05) is 49.7 Å². The van der Waals surface area contributed by atoms with Gasteiger partial charge in [0, 0.05) is 28.3 Å². The molecule has 152 valence electrons. The first-order valence-corrected chi connectivity index (χ1v) is 10.2. The molecule has 0 fully saturated rings. The normalized spacial score (nSPS) is 19.8. The Bertz CT molecular complexity index is 1210. The fraction of sp³-hybridized carbons (Fsp3) is 0.261. The lowest BCUT2D eigenvalue weighted by Gasteiger charge is -2.38. The number of nitrogens with one attached hydrogen (secondary N) is 1. The third-order valence-electron chi connectivity index (χ3n) is 5.60. The number of ketones is 1. The minimum atomic E-state index is -0.451. The van der Waals surface area contributed by atoms with Crippen molar-refractivity contribution < 1.29 is 9.90 Å². The smallest absolute Gasteiger partial charge is 0.226 e. The van der Waals surface area contributed by atoms with Crippen molar-refractivity contribution >= 4 is 23.3 Å². The number of carbonyl (C=O) groups excluding carboxylic acids is 1. The molecule has 2 N–H and O–H groups in total. The van der Waals surface area contributed by atoms with Crippen LogP contribution in [-0.2, 0) is 4.79 Å². The van der Waals surface area contributed by atoms with E-state index in [1.165, 1.54) is 0 Å². The maximum Gasteiger partial charge on any atom is 0.226 e. The van der Waals surface area contributed by atoms with E-state index in [1.807, 2.05) is 24.3 Å². The van der Waals surface area contributed by atoms with E-state index in [-0.39, 0.29) is 16.9 Å². The molecule has 0 amide bonds. The number of phenols is 1. The van der Waals surface area contributed by atoms with Crippen LogP contribution in [0, 0.1) is 5.41 Å². The number of phenolic OH excluding ortho intramolecular Hbond substituents is 1. The Balaban J connectivity index is 1.69.